The summed E-state index contributed by atoms with van der Waals surface area (Å²) in [4.78, 5) is 26.2. The smallest absolute Gasteiger partial charge is 0.300 e. The number of ether oxygens (including phenoxy) is 1. The molecule has 1 atom stereocenters. The van der Waals surface area contributed by atoms with E-state index >= 15 is 0 Å². The van der Waals surface area contributed by atoms with E-state index in [0.29, 0.717) is 13.2 Å². The molecule has 1 rings (SSSR count). The Labute approximate surface area is 127 Å². The number of nitro groups is 1. The Kier molecular flexibility index (Phi) is 6.51. The van der Waals surface area contributed by atoms with Gasteiger partial charge in [-0.05, 0) is 18.9 Å². The first kappa shape index (κ1) is 17.3. The van der Waals surface area contributed by atoms with Gasteiger partial charge in [-0.15, -0.1) is 0 Å². The standard InChI is InChI=1S/C13H18ClN3O4/c1-4-21-7-10(8(2)3)16-13(18)9-5-12(14)15-6-11(9)17(19)20/h5-6,8,10H,4,7H2,1-3H3,(H,16,18). The molecule has 0 fully saturated rings. The lowest BCUT2D eigenvalue weighted by molar-refractivity contribution is -0.385. The SMILES string of the molecule is CCOCC(NC(=O)c1cc(Cl)ncc1[N+](=O)[O-])C(C)C. The minimum Gasteiger partial charge on any atom is -0.380 e. The summed E-state index contributed by atoms with van der Waals surface area (Å²) in [7, 11) is 0. The molecule has 8 heteroatoms. The molecule has 0 aliphatic carbocycles. The number of amides is 1. The fourth-order valence-electron chi connectivity index (χ4n) is 1.64. The monoisotopic (exact) mass is 315 g/mol. The lowest BCUT2D eigenvalue weighted by Gasteiger charge is -2.22. The predicted octanol–water partition coefficient (Wildman–Crippen LogP) is 2.43. The zero-order chi connectivity index (χ0) is 16.0. The molecule has 0 saturated carbocycles. The summed E-state index contributed by atoms with van der Waals surface area (Å²) in [6.45, 7) is 6.58. The number of hydrogen-bond donors (Lipinski definition) is 1. The van der Waals surface area contributed by atoms with Crippen LogP contribution in [0.1, 0.15) is 31.1 Å². The topological polar surface area (TPSA) is 94.4 Å². The molecule has 0 radical (unpaired) electrons. The molecule has 1 heterocycles. The molecular formula is C13H18ClN3O4. The Morgan fingerprint density at radius 2 is 2.24 bits per heavy atom. The maximum atomic E-state index is 12.2. The summed E-state index contributed by atoms with van der Waals surface area (Å²) in [6, 6.07) is 0.941. The summed E-state index contributed by atoms with van der Waals surface area (Å²) in [6.07, 6.45) is 0.976. The van der Waals surface area contributed by atoms with Crippen LogP contribution >= 0.6 is 11.6 Å². The van der Waals surface area contributed by atoms with Crippen molar-refractivity contribution in [3.05, 3.63) is 33.1 Å². The van der Waals surface area contributed by atoms with E-state index in [1.807, 2.05) is 20.8 Å². The maximum Gasteiger partial charge on any atom is 0.300 e. The molecule has 21 heavy (non-hydrogen) atoms. The molecule has 1 N–H and O–H groups in total. The first-order chi connectivity index (χ1) is 9.86. The van der Waals surface area contributed by atoms with Crippen LogP contribution in [-0.2, 0) is 4.74 Å². The van der Waals surface area contributed by atoms with Crippen LogP contribution < -0.4 is 5.32 Å². The van der Waals surface area contributed by atoms with Gasteiger partial charge in [-0.1, -0.05) is 25.4 Å². The predicted molar refractivity (Wildman–Crippen MR) is 78.5 cm³/mol. The second-order valence-corrected chi connectivity index (χ2v) is 5.15. The summed E-state index contributed by atoms with van der Waals surface area (Å²) in [5, 5.41) is 13.7. The molecule has 0 saturated heterocycles. The van der Waals surface area contributed by atoms with Crippen molar-refractivity contribution in [2.75, 3.05) is 13.2 Å². The van der Waals surface area contributed by atoms with Gasteiger partial charge in [-0.25, -0.2) is 4.98 Å². The van der Waals surface area contributed by atoms with Crippen LogP contribution in [0.4, 0.5) is 5.69 Å². The van der Waals surface area contributed by atoms with E-state index in [1.165, 1.54) is 6.07 Å². The van der Waals surface area contributed by atoms with E-state index in [-0.39, 0.29) is 28.4 Å². The molecule has 116 valence electrons. The average molecular weight is 316 g/mol. The average Bonchev–Trinajstić information content (AvgIpc) is 2.42. The first-order valence-corrected chi connectivity index (χ1v) is 6.93. The number of halogens is 1. The molecule has 0 bridgehead atoms. The number of hydrogen-bond acceptors (Lipinski definition) is 5. The van der Waals surface area contributed by atoms with Crippen LogP contribution in [0.5, 0.6) is 0 Å². The van der Waals surface area contributed by atoms with Gasteiger partial charge in [0.05, 0.1) is 17.6 Å². The fraction of sp³-hybridized carbons (Fsp3) is 0.538. The van der Waals surface area contributed by atoms with Crippen LogP contribution in [0, 0.1) is 16.0 Å². The van der Waals surface area contributed by atoms with Gasteiger partial charge < -0.3 is 10.1 Å². The van der Waals surface area contributed by atoms with E-state index in [9.17, 15) is 14.9 Å². The number of nitrogens with one attached hydrogen (secondary N) is 1. The number of nitrogens with zero attached hydrogens (tertiary/aromatic N) is 2. The Hall–Kier alpha value is -1.73. The quantitative estimate of drug-likeness (QED) is 0.474. The minimum absolute atomic E-state index is 0.0247. The van der Waals surface area contributed by atoms with Crippen LogP contribution in [0.3, 0.4) is 0 Å². The van der Waals surface area contributed by atoms with E-state index in [4.69, 9.17) is 16.3 Å². The van der Waals surface area contributed by atoms with Crippen molar-refractivity contribution in [2.45, 2.75) is 26.8 Å². The highest BCUT2D eigenvalue weighted by molar-refractivity contribution is 6.29. The van der Waals surface area contributed by atoms with E-state index in [1.54, 1.807) is 0 Å². The Bertz CT molecular complexity index is 522. The van der Waals surface area contributed by atoms with Gasteiger partial charge in [-0.2, -0.15) is 0 Å². The highest BCUT2D eigenvalue weighted by Gasteiger charge is 2.24. The Morgan fingerprint density at radius 1 is 1.57 bits per heavy atom. The van der Waals surface area contributed by atoms with Gasteiger partial charge >= 0.3 is 0 Å². The van der Waals surface area contributed by atoms with E-state index in [0.717, 1.165) is 6.20 Å². The van der Waals surface area contributed by atoms with Crippen LogP contribution in [0.2, 0.25) is 5.15 Å². The number of carbonyl (C=O) groups excluding carboxylic acids is 1. The molecule has 1 unspecified atom stereocenters. The zero-order valence-corrected chi connectivity index (χ0v) is 12.9. The van der Waals surface area contributed by atoms with Crippen molar-refractivity contribution < 1.29 is 14.5 Å². The third kappa shape index (κ3) is 4.95. The third-order valence-corrected chi connectivity index (χ3v) is 3.12. The molecule has 7 nitrogen and oxygen atoms in total. The number of carbonyl (C=O) groups is 1. The molecule has 1 aromatic rings. The molecule has 1 aromatic heterocycles. The van der Waals surface area contributed by atoms with Crippen molar-refractivity contribution >= 4 is 23.2 Å². The highest BCUT2D eigenvalue weighted by Crippen LogP contribution is 2.20. The van der Waals surface area contributed by atoms with Crippen molar-refractivity contribution in [3.8, 4) is 0 Å². The Balaban J connectivity index is 2.96. The summed E-state index contributed by atoms with van der Waals surface area (Å²) < 4.78 is 5.31. The van der Waals surface area contributed by atoms with E-state index < -0.39 is 10.8 Å². The lowest BCUT2D eigenvalue weighted by atomic mass is 10.0. The van der Waals surface area contributed by atoms with Gasteiger partial charge in [0.25, 0.3) is 11.6 Å². The number of rotatable bonds is 7. The number of pyridine rings is 1. The lowest BCUT2D eigenvalue weighted by Crippen LogP contribution is -2.42. The van der Waals surface area contributed by atoms with Crippen molar-refractivity contribution in [2.24, 2.45) is 5.92 Å². The van der Waals surface area contributed by atoms with Gasteiger partial charge in [0.15, 0.2) is 0 Å². The first-order valence-electron chi connectivity index (χ1n) is 6.55. The fourth-order valence-corrected chi connectivity index (χ4v) is 1.80. The third-order valence-electron chi connectivity index (χ3n) is 2.91. The molecule has 1 amide bonds. The normalized spacial score (nSPS) is 12.2. The van der Waals surface area contributed by atoms with Gasteiger partial charge in [0, 0.05) is 6.61 Å². The molecular weight excluding hydrogens is 298 g/mol. The van der Waals surface area contributed by atoms with Gasteiger partial charge in [0.2, 0.25) is 0 Å². The van der Waals surface area contributed by atoms with Gasteiger partial charge in [-0.3, -0.25) is 14.9 Å². The summed E-state index contributed by atoms with van der Waals surface area (Å²) >= 11 is 5.71. The van der Waals surface area contributed by atoms with E-state index in [2.05, 4.69) is 10.3 Å². The van der Waals surface area contributed by atoms with Crippen LogP contribution in [0.25, 0.3) is 0 Å². The summed E-state index contributed by atoms with van der Waals surface area (Å²) in [5.74, 6) is -0.443. The molecule has 0 spiro atoms. The molecule has 0 aliphatic heterocycles. The maximum absolute atomic E-state index is 12.2. The largest absolute Gasteiger partial charge is 0.380 e. The molecule has 0 aliphatic rings. The second-order valence-electron chi connectivity index (χ2n) is 4.76. The molecule has 0 aromatic carbocycles. The highest BCUT2D eigenvalue weighted by atomic mass is 35.5. The van der Waals surface area contributed by atoms with Crippen LogP contribution in [-0.4, -0.2) is 35.1 Å². The van der Waals surface area contributed by atoms with Gasteiger partial charge in [0.1, 0.15) is 16.9 Å². The van der Waals surface area contributed by atoms with Crippen molar-refractivity contribution in [3.63, 3.8) is 0 Å². The van der Waals surface area contributed by atoms with Crippen molar-refractivity contribution in [1.82, 2.24) is 10.3 Å². The number of aromatic nitrogens is 1. The second kappa shape index (κ2) is 7.90. The Morgan fingerprint density at radius 3 is 2.76 bits per heavy atom. The minimum atomic E-state index is -0.662. The summed E-state index contributed by atoms with van der Waals surface area (Å²) in [5.41, 5.74) is -0.488. The zero-order valence-electron chi connectivity index (χ0n) is 12.1. The van der Waals surface area contributed by atoms with Crippen LogP contribution in [0.15, 0.2) is 12.3 Å². The van der Waals surface area contributed by atoms with Crippen molar-refractivity contribution in [1.29, 1.82) is 0 Å².